The Labute approximate surface area is 101 Å². The molecule has 0 unspecified atom stereocenters. The topological polar surface area (TPSA) is 34.1 Å². The van der Waals surface area contributed by atoms with E-state index in [0.717, 1.165) is 0 Å². The molecule has 0 saturated heterocycles. The zero-order valence-corrected chi connectivity index (χ0v) is 9.88. The van der Waals surface area contributed by atoms with Crippen LogP contribution in [-0.4, -0.2) is 11.6 Å². The number of thiophene rings is 2. The molecule has 2 rings (SSSR count). The van der Waals surface area contributed by atoms with Crippen molar-refractivity contribution in [1.29, 1.82) is 0 Å². The Balaban J connectivity index is 2.05. The van der Waals surface area contributed by atoms with E-state index in [1.807, 2.05) is 22.9 Å². The largest absolute Gasteiger partial charge is 0.288 e. The monoisotopic (exact) mass is 248 g/mol. The second kappa shape index (κ2) is 5.01. The second-order valence-corrected chi connectivity index (χ2v) is 4.91. The van der Waals surface area contributed by atoms with Gasteiger partial charge in [0, 0.05) is 0 Å². The Morgan fingerprint density at radius 3 is 1.62 bits per heavy atom. The molecular weight excluding hydrogens is 240 g/mol. The third-order valence-electron chi connectivity index (χ3n) is 1.91. The number of carbonyl (C=O) groups is 2. The molecule has 0 aliphatic carbocycles. The Bertz CT molecular complexity index is 459. The van der Waals surface area contributed by atoms with Crippen molar-refractivity contribution in [2.45, 2.75) is 0 Å². The summed E-state index contributed by atoms with van der Waals surface area (Å²) in [5.41, 5.74) is 0. The Hall–Kier alpha value is -1.52. The number of hydrogen-bond donors (Lipinski definition) is 0. The smallest absolute Gasteiger partial charge is 0.195 e. The van der Waals surface area contributed by atoms with Gasteiger partial charge in [0.1, 0.15) is 0 Å². The van der Waals surface area contributed by atoms with E-state index >= 15 is 0 Å². The van der Waals surface area contributed by atoms with Crippen LogP contribution in [0, 0.1) is 0 Å². The molecule has 4 heteroatoms. The van der Waals surface area contributed by atoms with Crippen LogP contribution in [0.1, 0.15) is 19.3 Å². The third-order valence-corrected chi connectivity index (χ3v) is 3.68. The lowest BCUT2D eigenvalue weighted by atomic mass is 10.2. The Morgan fingerprint density at radius 1 is 0.875 bits per heavy atom. The molecule has 0 aliphatic heterocycles. The fraction of sp³-hybridized carbons (Fsp3) is 0. The van der Waals surface area contributed by atoms with E-state index in [1.54, 1.807) is 12.1 Å². The summed E-state index contributed by atoms with van der Waals surface area (Å²) in [5.74, 6) is -0.250. The SMILES string of the molecule is O=C(/C=C/C(=O)c1cccs1)c1cccs1. The molecule has 0 saturated carbocycles. The highest BCUT2D eigenvalue weighted by Crippen LogP contribution is 2.12. The predicted octanol–water partition coefficient (Wildman–Crippen LogP) is 3.43. The van der Waals surface area contributed by atoms with Crippen LogP contribution in [0.5, 0.6) is 0 Å². The van der Waals surface area contributed by atoms with Crippen LogP contribution in [0.25, 0.3) is 0 Å². The molecule has 0 aliphatic rings. The molecule has 0 radical (unpaired) electrons. The van der Waals surface area contributed by atoms with E-state index in [2.05, 4.69) is 0 Å². The molecule has 0 spiro atoms. The zero-order chi connectivity index (χ0) is 11.4. The van der Waals surface area contributed by atoms with Gasteiger partial charge >= 0.3 is 0 Å². The van der Waals surface area contributed by atoms with Gasteiger partial charge in [-0.05, 0) is 35.0 Å². The molecular formula is C12H8O2S2. The highest BCUT2D eigenvalue weighted by atomic mass is 32.1. The number of ketones is 2. The van der Waals surface area contributed by atoms with E-state index in [4.69, 9.17) is 0 Å². The van der Waals surface area contributed by atoms with Crippen LogP contribution in [0.3, 0.4) is 0 Å². The van der Waals surface area contributed by atoms with E-state index in [0.29, 0.717) is 9.75 Å². The fourth-order valence-electron chi connectivity index (χ4n) is 1.15. The van der Waals surface area contributed by atoms with Crippen molar-refractivity contribution < 1.29 is 9.59 Å². The number of allylic oxidation sites excluding steroid dienone is 2. The number of rotatable bonds is 4. The van der Waals surface area contributed by atoms with Gasteiger partial charge in [0.15, 0.2) is 11.6 Å². The van der Waals surface area contributed by atoms with Crippen LogP contribution in [-0.2, 0) is 0 Å². The molecule has 0 amide bonds. The van der Waals surface area contributed by atoms with Crippen LogP contribution in [0.15, 0.2) is 47.2 Å². The summed E-state index contributed by atoms with van der Waals surface area (Å²) in [6, 6.07) is 7.11. The van der Waals surface area contributed by atoms with E-state index in [1.165, 1.54) is 34.8 Å². The number of hydrogen-bond acceptors (Lipinski definition) is 4. The lowest BCUT2D eigenvalue weighted by Crippen LogP contribution is -1.94. The average molecular weight is 248 g/mol. The maximum atomic E-state index is 11.6. The minimum atomic E-state index is -0.125. The minimum absolute atomic E-state index is 0.125. The van der Waals surface area contributed by atoms with Gasteiger partial charge in [-0.15, -0.1) is 22.7 Å². The summed E-state index contributed by atoms with van der Waals surface area (Å²) in [7, 11) is 0. The van der Waals surface area contributed by atoms with Gasteiger partial charge in [0.25, 0.3) is 0 Å². The van der Waals surface area contributed by atoms with Crippen LogP contribution in [0.4, 0.5) is 0 Å². The molecule has 0 atom stereocenters. The van der Waals surface area contributed by atoms with E-state index in [9.17, 15) is 9.59 Å². The predicted molar refractivity (Wildman–Crippen MR) is 66.4 cm³/mol. The molecule has 0 fully saturated rings. The zero-order valence-electron chi connectivity index (χ0n) is 8.25. The Kier molecular flexibility index (Phi) is 3.44. The van der Waals surface area contributed by atoms with Crippen molar-refractivity contribution in [1.82, 2.24) is 0 Å². The highest BCUT2D eigenvalue weighted by molar-refractivity contribution is 7.12. The molecule has 80 valence electrons. The van der Waals surface area contributed by atoms with Gasteiger partial charge < -0.3 is 0 Å². The van der Waals surface area contributed by atoms with Crippen LogP contribution < -0.4 is 0 Å². The van der Waals surface area contributed by atoms with Crippen molar-refractivity contribution in [3.63, 3.8) is 0 Å². The summed E-state index contributed by atoms with van der Waals surface area (Å²) in [4.78, 5) is 24.4. The van der Waals surface area contributed by atoms with Gasteiger partial charge in [-0.25, -0.2) is 0 Å². The molecule has 16 heavy (non-hydrogen) atoms. The number of carbonyl (C=O) groups excluding carboxylic acids is 2. The summed E-state index contributed by atoms with van der Waals surface area (Å²) in [6.07, 6.45) is 2.65. The maximum Gasteiger partial charge on any atom is 0.195 e. The lowest BCUT2D eigenvalue weighted by molar-refractivity contribution is 0.102. The summed E-state index contributed by atoms with van der Waals surface area (Å²) < 4.78 is 0. The van der Waals surface area contributed by atoms with Gasteiger partial charge in [-0.1, -0.05) is 12.1 Å². The van der Waals surface area contributed by atoms with Crippen LogP contribution in [0.2, 0.25) is 0 Å². The fourth-order valence-corrected chi connectivity index (χ4v) is 2.44. The molecule has 0 bridgehead atoms. The van der Waals surface area contributed by atoms with Crippen molar-refractivity contribution >= 4 is 34.2 Å². The molecule has 0 aromatic carbocycles. The molecule has 2 aromatic rings. The quantitative estimate of drug-likeness (QED) is 0.613. The molecule has 2 aromatic heterocycles. The van der Waals surface area contributed by atoms with Gasteiger partial charge in [0.2, 0.25) is 0 Å². The van der Waals surface area contributed by atoms with Gasteiger partial charge in [-0.2, -0.15) is 0 Å². The van der Waals surface area contributed by atoms with Crippen molar-refractivity contribution in [3.05, 3.63) is 56.9 Å². The first-order valence-corrected chi connectivity index (χ1v) is 6.37. The highest BCUT2D eigenvalue weighted by Gasteiger charge is 2.05. The van der Waals surface area contributed by atoms with Gasteiger partial charge in [-0.3, -0.25) is 9.59 Å². The first kappa shape index (κ1) is 11.0. The van der Waals surface area contributed by atoms with Gasteiger partial charge in [0.05, 0.1) is 9.75 Å². The lowest BCUT2D eigenvalue weighted by Gasteiger charge is -1.88. The molecule has 2 nitrogen and oxygen atoms in total. The maximum absolute atomic E-state index is 11.6. The standard InChI is InChI=1S/C12H8O2S2/c13-9(11-3-1-7-15-11)5-6-10(14)12-4-2-8-16-12/h1-8H/b6-5+. The summed E-state index contributed by atoms with van der Waals surface area (Å²) >= 11 is 2.74. The first-order valence-electron chi connectivity index (χ1n) is 4.61. The molecule has 0 N–H and O–H groups in total. The summed E-state index contributed by atoms with van der Waals surface area (Å²) in [6.45, 7) is 0. The minimum Gasteiger partial charge on any atom is -0.288 e. The van der Waals surface area contributed by atoms with Crippen LogP contribution >= 0.6 is 22.7 Å². The Morgan fingerprint density at radius 2 is 1.31 bits per heavy atom. The second-order valence-electron chi connectivity index (χ2n) is 3.02. The first-order chi connectivity index (χ1) is 7.77. The molecule has 2 heterocycles. The third kappa shape index (κ3) is 2.53. The summed E-state index contributed by atoms with van der Waals surface area (Å²) in [5, 5.41) is 3.67. The van der Waals surface area contributed by atoms with E-state index < -0.39 is 0 Å². The van der Waals surface area contributed by atoms with Crippen molar-refractivity contribution in [3.8, 4) is 0 Å². The average Bonchev–Trinajstić information content (AvgIpc) is 2.95. The van der Waals surface area contributed by atoms with E-state index in [-0.39, 0.29) is 11.6 Å². The van der Waals surface area contributed by atoms with Crippen molar-refractivity contribution in [2.24, 2.45) is 0 Å². The van der Waals surface area contributed by atoms with Crippen molar-refractivity contribution in [2.75, 3.05) is 0 Å². The normalized spacial score (nSPS) is 10.8.